The van der Waals surface area contributed by atoms with Crippen molar-refractivity contribution in [1.82, 2.24) is 15.4 Å². The maximum absolute atomic E-state index is 11.7. The molecule has 1 heterocycles. The van der Waals surface area contributed by atoms with E-state index >= 15 is 0 Å². The molecular formula is C12H12N4O2. The van der Waals surface area contributed by atoms with E-state index in [0.29, 0.717) is 5.82 Å². The summed E-state index contributed by atoms with van der Waals surface area (Å²) < 4.78 is 0. The van der Waals surface area contributed by atoms with E-state index in [1.165, 1.54) is 6.20 Å². The van der Waals surface area contributed by atoms with Crippen molar-refractivity contribution in [1.29, 1.82) is 0 Å². The summed E-state index contributed by atoms with van der Waals surface area (Å²) in [6, 6.07) is 9.26. The van der Waals surface area contributed by atoms with Gasteiger partial charge in [-0.2, -0.15) is 0 Å². The molecule has 6 nitrogen and oxygen atoms in total. The molecule has 0 bridgehead atoms. The predicted octanol–water partition coefficient (Wildman–Crippen LogP) is -0.0307. The smallest absolute Gasteiger partial charge is 0.254 e. The second-order valence-electron chi connectivity index (χ2n) is 3.70. The Bertz CT molecular complexity index is 607. The molecule has 0 atom stereocenters. The number of hydrogen-bond donors (Lipinski definition) is 3. The number of rotatable bonds is 3. The van der Waals surface area contributed by atoms with Crippen LogP contribution in [0.25, 0.3) is 11.4 Å². The van der Waals surface area contributed by atoms with Crippen molar-refractivity contribution in [3.63, 3.8) is 0 Å². The molecule has 1 amide bonds. The number of amides is 1. The van der Waals surface area contributed by atoms with E-state index in [4.69, 9.17) is 5.84 Å². The van der Waals surface area contributed by atoms with Gasteiger partial charge in [0, 0.05) is 17.3 Å². The molecule has 0 aliphatic carbocycles. The predicted molar refractivity (Wildman–Crippen MR) is 66.3 cm³/mol. The monoisotopic (exact) mass is 244 g/mol. The lowest BCUT2D eigenvalue weighted by atomic mass is 10.2. The Hall–Kier alpha value is -2.47. The Labute approximate surface area is 103 Å². The number of hydrogen-bond acceptors (Lipinski definition) is 4. The summed E-state index contributed by atoms with van der Waals surface area (Å²) in [7, 11) is 0. The van der Waals surface area contributed by atoms with Crippen LogP contribution in [-0.4, -0.2) is 15.9 Å². The molecular weight excluding hydrogens is 232 g/mol. The van der Waals surface area contributed by atoms with Crippen LogP contribution >= 0.6 is 0 Å². The standard InChI is InChI=1S/C12H12N4O2/c13-16-10(17)6-9-7-14-11(15-12(9)18)8-4-2-1-3-5-8/h1-5,7H,6,13H2,(H,16,17)(H,14,15,18). The van der Waals surface area contributed by atoms with Crippen molar-refractivity contribution in [2.75, 3.05) is 0 Å². The molecule has 0 saturated heterocycles. The Morgan fingerprint density at radius 3 is 2.67 bits per heavy atom. The average molecular weight is 244 g/mol. The number of hydrazine groups is 1. The molecule has 0 fully saturated rings. The highest BCUT2D eigenvalue weighted by atomic mass is 16.2. The summed E-state index contributed by atoms with van der Waals surface area (Å²) in [5, 5.41) is 0. The molecule has 0 saturated carbocycles. The van der Waals surface area contributed by atoms with Gasteiger partial charge >= 0.3 is 0 Å². The number of carbonyl (C=O) groups excluding carboxylic acids is 1. The molecule has 1 aromatic carbocycles. The van der Waals surface area contributed by atoms with E-state index in [9.17, 15) is 9.59 Å². The van der Waals surface area contributed by atoms with Crippen molar-refractivity contribution in [2.24, 2.45) is 5.84 Å². The van der Waals surface area contributed by atoms with Gasteiger partial charge in [0.1, 0.15) is 5.82 Å². The first-order chi connectivity index (χ1) is 8.70. The number of H-pyrrole nitrogens is 1. The first-order valence-electron chi connectivity index (χ1n) is 5.34. The highest BCUT2D eigenvalue weighted by molar-refractivity contribution is 5.77. The largest absolute Gasteiger partial charge is 0.306 e. The summed E-state index contributed by atoms with van der Waals surface area (Å²) in [4.78, 5) is 29.6. The van der Waals surface area contributed by atoms with E-state index in [1.54, 1.807) is 0 Å². The van der Waals surface area contributed by atoms with Gasteiger partial charge in [-0.05, 0) is 0 Å². The highest BCUT2D eigenvalue weighted by Gasteiger charge is 2.08. The van der Waals surface area contributed by atoms with E-state index < -0.39 is 5.91 Å². The molecule has 0 aliphatic rings. The Balaban J connectivity index is 2.31. The number of benzene rings is 1. The van der Waals surface area contributed by atoms with Gasteiger partial charge in [-0.25, -0.2) is 10.8 Å². The summed E-state index contributed by atoms with van der Waals surface area (Å²) in [6.45, 7) is 0. The number of nitrogens with one attached hydrogen (secondary N) is 2. The quantitative estimate of drug-likeness (QED) is 0.401. The zero-order valence-corrected chi connectivity index (χ0v) is 9.51. The fraction of sp³-hybridized carbons (Fsp3) is 0.0833. The first kappa shape index (κ1) is 12.0. The molecule has 0 unspecified atom stereocenters. The third-order valence-electron chi connectivity index (χ3n) is 2.43. The summed E-state index contributed by atoms with van der Waals surface area (Å²) >= 11 is 0. The number of nitrogens with zero attached hydrogens (tertiary/aromatic N) is 1. The van der Waals surface area contributed by atoms with Gasteiger partial charge in [-0.3, -0.25) is 15.0 Å². The summed E-state index contributed by atoms with van der Waals surface area (Å²) in [6.07, 6.45) is 1.30. The minimum atomic E-state index is -0.435. The van der Waals surface area contributed by atoms with Crippen LogP contribution in [0, 0.1) is 0 Å². The molecule has 2 aromatic rings. The second kappa shape index (κ2) is 5.24. The molecule has 6 heteroatoms. The summed E-state index contributed by atoms with van der Waals surface area (Å²) in [5.74, 6) is 4.99. The van der Waals surface area contributed by atoms with Gasteiger partial charge in [0.2, 0.25) is 5.91 Å². The van der Waals surface area contributed by atoms with Crippen LogP contribution in [0.1, 0.15) is 5.56 Å². The topological polar surface area (TPSA) is 101 Å². The summed E-state index contributed by atoms with van der Waals surface area (Å²) in [5.41, 5.74) is 2.71. The Kier molecular flexibility index (Phi) is 3.49. The van der Waals surface area contributed by atoms with Crippen LogP contribution in [0.15, 0.2) is 41.3 Å². The van der Waals surface area contributed by atoms with Crippen LogP contribution in [0.2, 0.25) is 0 Å². The van der Waals surface area contributed by atoms with Crippen LogP contribution in [-0.2, 0) is 11.2 Å². The van der Waals surface area contributed by atoms with Crippen molar-refractivity contribution < 1.29 is 4.79 Å². The fourth-order valence-corrected chi connectivity index (χ4v) is 1.51. The first-order valence-corrected chi connectivity index (χ1v) is 5.34. The van der Waals surface area contributed by atoms with E-state index in [0.717, 1.165) is 5.56 Å². The van der Waals surface area contributed by atoms with E-state index in [1.807, 2.05) is 35.8 Å². The number of aromatic nitrogens is 2. The van der Waals surface area contributed by atoms with Crippen molar-refractivity contribution in [3.8, 4) is 11.4 Å². The fourth-order valence-electron chi connectivity index (χ4n) is 1.51. The van der Waals surface area contributed by atoms with Gasteiger partial charge in [0.25, 0.3) is 5.56 Å². The molecule has 0 spiro atoms. The van der Waals surface area contributed by atoms with Gasteiger partial charge in [0.15, 0.2) is 0 Å². The Morgan fingerprint density at radius 2 is 2.06 bits per heavy atom. The average Bonchev–Trinajstić information content (AvgIpc) is 2.42. The third kappa shape index (κ3) is 2.61. The number of carbonyl (C=O) groups is 1. The molecule has 2 rings (SSSR count). The third-order valence-corrected chi connectivity index (χ3v) is 2.43. The molecule has 0 aliphatic heterocycles. The number of nitrogens with two attached hydrogens (primary N) is 1. The van der Waals surface area contributed by atoms with Crippen LogP contribution < -0.4 is 16.8 Å². The van der Waals surface area contributed by atoms with E-state index in [2.05, 4.69) is 9.97 Å². The highest BCUT2D eigenvalue weighted by Crippen LogP contribution is 2.11. The zero-order chi connectivity index (χ0) is 13.0. The van der Waals surface area contributed by atoms with Crippen LogP contribution in [0.3, 0.4) is 0 Å². The van der Waals surface area contributed by atoms with Gasteiger partial charge in [-0.15, -0.1) is 0 Å². The maximum Gasteiger partial charge on any atom is 0.254 e. The molecule has 18 heavy (non-hydrogen) atoms. The van der Waals surface area contributed by atoms with Crippen molar-refractivity contribution in [3.05, 3.63) is 52.4 Å². The van der Waals surface area contributed by atoms with E-state index in [-0.39, 0.29) is 17.5 Å². The van der Waals surface area contributed by atoms with Gasteiger partial charge in [-0.1, -0.05) is 30.3 Å². The van der Waals surface area contributed by atoms with Crippen molar-refractivity contribution >= 4 is 5.91 Å². The molecule has 0 radical (unpaired) electrons. The van der Waals surface area contributed by atoms with Gasteiger partial charge in [0.05, 0.1) is 6.42 Å². The Morgan fingerprint density at radius 1 is 1.33 bits per heavy atom. The minimum absolute atomic E-state index is 0.0894. The molecule has 4 N–H and O–H groups in total. The number of aromatic amines is 1. The molecule has 92 valence electrons. The SMILES string of the molecule is NNC(=O)Cc1cnc(-c2ccccc2)[nH]c1=O. The zero-order valence-electron chi connectivity index (χ0n) is 9.51. The van der Waals surface area contributed by atoms with Crippen LogP contribution in [0.4, 0.5) is 0 Å². The van der Waals surface area contributed by atoms with Crippen LogP contribution in [0.5, 0.6) is 0 Å². The van der Waals surface area contributed by atoms with Crippen molar-refractivity contribution in [2.45, 2.75) is 6.42 Å². The lowest BCUT2D eigenvalue weighted by molar-refractivity contribution is -0.120. The molecule has 1 aromatic heterocycles. The lowest BCUT2D eigenvalue weighted by Crippen LogP contribution is -2.33. The normalized spacial score (nSPS) is 10.1. The maximum atomic E-state index is 11.7. The minimum Gasteiger partial charge on any atom is -0.306 e. The second-order valence-corrected chi connectivity index (χ2v) is 3.70. The van der Waals surface area contributed by atoms with Gasteiger partial charge < -0.3 is 4.98 Å². The lowest BCUT2D eigenvalue weighted by Gasteiger charge is -2.02.